The second-order valence-electron chi connectivity index (χ2n) is 4.35. The fraction of sp³-hybridized carbons (Fsp3) is 0. The van der Waals surface area contributed by atoms with Crippen LogP contribution in [0.1, 0.15) is 16.1 Å². The fourth-order valence-electron chi connectivity index (χ4n) is 1.78. The van der Waals surface area contributed by atoms with Crippen LogP contribution in [0.4, 0.5) is 5.69 Å². The van der Waals surface area contributed by atoms with E-state index in [1.807, 2.05) is 0 Å². The molecule has 1 aromatic heterocycles. The highest BCUT2D eigenvalue weighted by Gasteiger charge is 2.24. The maximum Gasteiger partial charge on any atom is 0.335 e. The molecular formula is C15H10N2O4S. The number of carbonyl (C=O) groups excluding carboxylic acids is 1. The summed E-state index contributed by atoms with van der Waals surface area (Å²) in [4.78, 5) is 27.4. The maximum atomic E-state index is 11.8. The molecule has 1 aliphatic rings. The van der Waals surface area contributed by atoms with Crippen LogP contribution in [0.2, 0.25) is 0 Å². The van der Waals surface area contributed by atoms with Gasteiger partial charge in [0.2, 0.25) is 0 Å². The number of aromatic carboxylic acids is 1. The molecule has 2 aromatic rings. The Hall–Kier alpha value is -2.80. The van der Waals surface area contributed by atoms with Gasteiger partial charge in [-0.3, -0.25) is 4.79 Å². The van der Waals surface area contributed by atoms with Crippen LogP contribution in [0.25, 0.3) is 6.08 Å². The van der Waals surface area contributed by atoms with Crippen molar-refractivity contribution in [3.05, 3.63) is 58.9 Å². The second kappa shape index (κ2) is 5.90. The van der Waals surface area contributed by atoms with Crippen molar-refractivity contribution in [3.63, 3.8) is 0 Å². The summed E-state index contributed by atoms with van der Waals surface area (Å²) in [5, 5.41) is 11.9. The maximum absolute atomic E-state index is 11.8. The molecule has 0 spiro atoms. The van der Waals surface area contributed by atoms with Gasteiger partial charge in [-0.25, -0.2) is 9.79 Å². The number of hydrogen-bond acceptors (Lipinski definition) is 5. The van der Waals surface area contributed by atoms with E-state index in [-0.39, 0.29) is 11.5 Å². The van der Waals surface area contributed by atoms with E-state index in [0.717, 1.165) is 0 Å². The molecule has 0 atom stereocenters. The van der Waals surface area contributed by atoms with Gasteiger partial charge in [-0.05, 0) is 48.2 Å². The normalized spacial score (nSPS) is 17.9. The lowest BCUT2D eigenvalue weighted by Gasteiger charge is -1.97. The third-order valence-electron chi connectivity index (χ3n) is 2.81. The number of aliphatic imine (C=N–C) groups is 1. The van der Waals surface area contributed by atoms with Gasteiger partial charge in [0.15, 0.2) is 5.17 Å². The van der Waals surface area contributed by atoms with E-state index in [0.29, 0.717) is 21.5 Å². The molecule has 1 aliphatic heterocycles. The molecular weight excluding hydrogens is 304 g/mol. The van der Waals surface area contributed by atoms with Crippen molar-refractivity contribution in [1.29, 1.82) is 0 Å². The Labute approximate surface area is 129 Å². The molecule has 7 heteroatoms. The van der Waals surface area contributed by atoms with Gasteiger partial charge in [-0.1, -0.05) is 0 Å². The average Bonchev–Trinajstić information content (AvgIpc) is 3.11. The molecule has 0 unspecified atom stereocenters. The minimum Gasteiger partial charge on any atom is -0.478 e. The smallest absolute Gasteiger partial charge is 0.335 e. The standard InChI is InChI=1S/C15H10N2O4S/c18-13-12(8-11-2-1-7-21-11)22-15(17-13)16-10-5-3-9(4-6-10)14(19)20/h1-8H,(H,19,20)(H,16,17,18)/b12-8-. The van der Waals surface area contributed by atoms with Crippen molar-refractivity contribution in [2.75, 3.05) is 0 Å². The van der Waals surface area contributed by atoms with Crippen molar-refractivity contribution in [3.8, 4) is 0 Å². The third kappa shape index (κ3) is 3.09. The van der Waals surface area contributed by atoms with Crippen molar-refractivity contribution >= 4 is 40.6 Å². The van der Waals surface area contributed by atoms with Crippen LogP contribution < -0.4 is 5.32 Å². The van der Waals surface area contributed by atoms with E-state index in [4.69, 9.17) is 9.52 Å². The molecule has 1 saturated heterocycles. The van der Waals surface area contributed by atoms with E-state index in [2.05, 4.69) is 10.3 Å². The first-order chi connectivity index (χ1) is 10.6. The van der Waals surface area contributed by atoms with Crippen LogP contribution in [0.5, 0.6) is 0 Å². The quantitative estimate of drug-likeness (QED) is 0.850. The highest BCUT2D eigenvalue weighted by Crippen LogP contribution is 2.28. The summed E-state index contributed by atoms with van der Waals surface area (Å²) < 4.78 is 5.17. The van der Waals surface area contributed by atoms with E-state index < -0.39 is 5.97 Å². The first-order valence-electron chi connectivity index (χ1n) is 6.28. The predicted molar refractivity (Wildman–Crippen MR) is 82.9 cm³/mol. The molecule has 1 amide bonds. The van der Waals surface area contributed by atoms with Crippen LogP contribution in [0.3, 0.4) is 0 Å². The Bertz CT molecular complexity index is 776. The fourth-order valence-corrected chi connectivity index (χ4v) is 2.60. The summed E-state index contributed by atoms with van der Waals surface area (Å²) in [6.07, 6.45) is 3.17. The average molecular weight is 314 g/mol. The molecule has 0 saturated carbocycles. The molecule has 0 aliphatic carbocycles. The molecule has 2 heterocycles. The number of amidine groups is 1. The summed E-state index contributed by atoms with van der Waals surface area (Å²) in [7, 11) is 0. The summed E-state index contributed by atoms with van der Waals surface area (Å²) in [5.74, 6) is -0.654. The van der Waals surface area contributed by atoms with E-state index in [1.54, 1.807) is 30.3 Å². The number of carbonyl (C=O) groups is 2. The van der Waals surface area contributed by atoms with Crippen LogP contribution in [0, 0.1) is 0 Å². The van der Waals surface area contributed by atoms with Crippen LogP contribution >= 0.6 is 11.8 Å². The highest BCUT2D eigenvalue weighted by molar-refractivity contribution is 8.18. The number of amides is 1. The molecule has 1 fully saturated rings. The Morgan fingerprint density at radius 2 is 2.05 bits per heavy atom. The van der Waals surface area contributed by atoms with Crippen LogP contribution in [0.15, 0.2) is 57.0 Å². The molecule has 0 bridgehead atoms. The molecule has 1 aromatic carbocycles. The van der Waals surface area contributed by atoms with E-state index in [1.165, 1.54) is 30.2 Å². The summed E-state index contributed by atoms with van der Waals surface area (Å²) >= 11 is 1.20. The van der Waals surface area contributed by atoms with Gasteiger partial charge >= 0.3 is 5.97 Å². The van der Waals surface area contributed by atoms with Gasteiger partial charge in [-0.15, -0.1) is 0 Å². The number of carboxylic acid groups (broad SMARTS) is 1. The van der Waals surface area contributed by atoms with Crippen LogP contribution in [-0.2, 0) is 4.79 Å². The predicted octanol–water partition coefficient (Wildman–Crippen LogP) is 2.87. The minimum absolute atomic E-state index is 0.186. The number of nitrogens with one attached hydrogen (secondary N) is 1. The topological polar surface area (TPSA) is 91.9 Å². The largest absolute Gasteiger partial charge is 0.478 e. The lowest BCUT2D eigenvalue weighted by molar-refractivity contribution is -0.115. The third-order valence-corrected chi connectivity index (χ3v) is 3.72. The molecule has 0 radical (unpaired) electrons. The van der Waals surface area contributed by atoms with Crippen molar-refractivity contribution in [1.82, 2.24) is 5.32 Å². The van der Waals surface area contributed by atoms with Gasteiger partial charge in [0, 0.05) is 6.08 Å². The van der Waals surface area contributed by atoms with Gasteiger partial charge in [0.05, 0.1) is 22.4 Å². The lowest BCUT2D eigenvalue weighted by atomic mass is 10.2. The summed E-state index contributed by atoms with van der Waals surface area (Å²) in [6, 6.07) is 9.57. The number of thioether (sulfide) groups is 1. The van der Waals surface area contributed by atoms with E-state index >= 15 is 0 Å². The monoisotopic (exact) mass is 314 g/mol. The van der Waals surface area contributed by atoms with Gasteiger partial charge in [0.25, 0.3) is 5.91 Å². The SMILES string of the molecule is O=C1NC(=Nc2ccc(C(=O)O)cc2)S/C1=C\c1ccco1. The number of furan rings is 1. The van der Waals surface area contributed by atoms with Crippen molar-refractivity contribution in [2.24, 2.45) is 4.99 Å². The van der Waals surface area contributed by atoms with Gasteiger partial charge in [0.1, 0.15) is 5.76 Å². The Balaban J connectivity index is 1.79. The molecule has 3 rings (SSSR count). The number of nitrogens with zero attached hydrogens (tertiary/aromatic N) is 1. The zero-order chi connectivity index (χ0) is 15.5. The molecule has 6 nitrogen and oxygen atoms in total. The number of rotatable bonds is 3. The van der Waals surface area contributed by atoms with Gasteiger partial charge in [-0.2, -0.15) is 0 Å². The van der Waals surface area contributed by atoms with Crippen molar-refractivity contribution in [2.45, 2.75) is 0 Å². The molecule has 110 valence electrons. The van der Waals surface area contributed by atoms with Crippen molar-refractivity contribution < 1.29 is 19.1 Å². The molecule has 2 N–H and O–H groups in total. The van der Waals surface area contributed by atoms with E-state index in [9.17, 15) is 9.59 Å². The second-order valence-corrected chi connectivity index (χ2v) is 5.38. The lowest BCUT2D eigenvalue weighted by Crippen LogP contribution is -2.19. The first kappa shape index (κ1) is 14.2. The number of carboxylic acids is 1. The Morgan fingerprint density at radius 3 is 2.68 bits per heavy atom. The number of hydrogen-bond donors (Lipinski definition) is 2. The Kier molecular flexibility index (Phi) is 3.80. The van der Waals surface area contributed by atoms with Gasteiger partial charge < -0.3 is 14.8 Å². The molecule has 22 heavy (non-hydrogen) atoms. The zero-order valence-corrected chi connectivity index (χ0v) is 12.0. The highest BCUT2D eigenvalue weighted by atomic mass is 32.2. The van der Waals surface area contributed by atoms with Crippen LogP contribution in [-0.4, -0.2) is 22.2 Å². The Morgan fingerprint density at radius 1 is 1.27 bits per heavy atom. The zero-order valence-electron chi connectivity index (χ0n) is 11.1. The summed E-state index contributed by atoms with van der Waals surface area (Å²) in [5.41, 5.74) is 0.748. The first-order valence-corrected chi connectivity index (χ1v) is 7.10. The number of benzene rings is 1. The summed E-state index contributed by atoms with van der Waals surface area (Å²) in [6.45, 7) is 0. The minimum atomic E-state index is -0.994.